The average molecular weight is 276 g/mol. The van der Waals surface area contributed by atoms with E-state index in [9.17, 15) is 0 Å². The Hall–Kier alpha value is -0.900. The van der Waals surface area contributed by atoms with Gasteiger partial charge >= 0.3 is 0 Å². The monoisotopic (exact) mass is 275 g/mol. The van der Waals surface area contributed by atoms with Crippen molar-refractivity contribution in [1.82, 2.24) is 0 Å². The number of rotatable bonds is 5. The minimum Gasteiger partial charge on any atom is -0.493 e. The largest absolute Gasteiger partial charge is 0.493 e. The van der Waals surface area contributed by atoms with Crippen molar-refractivity contribution in [2.24, 2.45) is 5.73 Å². The van der Waals surface area contributed by atoms with Gasteiger partial charge < -0.3 is 15.2 Å². The average Bonchev–Trinajstić information content (AvgIpc) is 2.35. The van der Waals surface area contributed by atoms with Gasteiger partial charge in [0.1, 0.15) is 6.61 Å². The minimum absolute atomic E-state index is 0.0516. The van der Waals surface area contributed by atoms with Crippen molar-refractivity contribution < 1.29 is 9.47 Å². The van der Waals surface area contributed by atoms with Gasteiger partial charge in [0, 0.05) is 11.6 Å². The molecule has 0 amide bonds. The van der Waals surface area contributed by atoms with Gasteiger partial charge in [0.25, 0.3) is 0 Å². The van der Waals surface area contributed by atoms with Crippen LogP contribution < -0.4 is 15.2 Å². The Balaban J connectivity index is 2.85. The number of hydrogen-bond donors (Lipinski definition) is 1. The zero-order chi connectivity index (χ0) is 12.8. The molecule has 0 heterocycles. The second kappa shape index (κ2) is 6.74. The smallest absolute Gasteiger partial charge is 0.161 e. The lowest BCUT2D eigenvalue weighted by molar-refractivity contribution is 0.323. The summed E-state index contributed by atoms with van der Waals surface area (Å²) >= 11 is 11.2. The predicted octanol–water partition coefficient (Wildman–Crippen LogP) is 3.41. The van der Waals surface area contributed by atoms with Crippen molar-refractivity contribution in [2.45, 2.75) is 13.0 Å². The highest BCUT2D eigenvalue weighted by atomic mass is 35.5. The van der Waals surface area contributed by atoms with E-state index in [4.69, 9.17) is 38.4 Å². The first kappa shape index (κ1) is 14.2. The summed E-state index contributed by atoms with van der Waals surface area (Å²) in [6.45, 7) is 2.11. The molecule has 2 N–H and O–H groups in total. The molecule has 0 spiro atoms. The van der Waals surface area contributed by atoms with Gasteiger partial charge in [-0.05, 0) is 24.6 Å². The van der Waals surface area contributed by atoms with Gasteiger partial charge in [-0.2, -0.15) is 0 Å². The van der Waals surface area contributed by atoms with Gasteiger partial charge in [0.05, 0.1) is 12.1 Å². The molecule has 0 aliphatic carbocycles. The molecule has 0 saturated carbocycles. The molecule has 0 fully saturated rings. The van der Waals surface area contributed by atoms with Crippen molar-refractivity contribution in [3.63, 3.8) is 0 Å². The summed E-state index contributed by atoms with van der Waals surface area (Å²) in [5.41, 5.74) is 8.04. The van der Waals surface area contributed by atoms with E-state index < -0.39 is 0 Å². The number of halogens is 2. The van der Waals surface area contributed by atoms with Crippen LogP contribution in [-0.4, -0.2) is 13.7 Å². The van der Waals surface area contributed by atoms with E-state index in [-0.39, 0.29) is 12.6 Å². The molecule has 0 saturated heterocycles. The van der Waals surface area contributed by atoms with Crippen LogP contribution in [0.15, 0.2) is 28.8 Å². The molecule has 1 atom stereocenters. The zero-order valence-electron chi connectivity index (χ0n) is 9.74. The Kier molecular flexibility index (Phi) is 5.62. The van der Waals surface area contributed by atoms with Gasteiger partial charge in [0.15, 0.2) is 11.5 Å². The van der Waals surface area contributed by atoms with Crippen LogP contribution in [0.5, 0.6) is 11.5 Å². The van der Waals surface area contributed by atoms with Crippen LogP contribution in [0.4, 0.5) is 0 Å². The summed E-state index contributed by atoms with van der Waals surface area (Å²) in [5.74, 6) is 1.23. The van der Waals surface area contributed by atoms with Gasteiger partial charge in [-0.15, -0.1) is 0 Å². The molecule has 1 rings (SSSR count). The van der Waals surface area contributed by atoms with E-state index in [2.05, 4.69) is 0 Å². The summed E-state index contributed by atoms with van der Waals surface area (Å²) in [6.07, 6.45) is 0. The molecule has 5 heteroatoms. The molecule has 0 radical (unpaired) electrons. The van der Waals surface area contributed by atoms with Crippen LogP contribution in [0.1, 0.15) is 18.5 Å². The normalized spacial score (nSPS) is 13.4. The van der Waals surface area contributed by atoms with Gasteiger partial charge in [0.2, 0.25) is 0 Å². The number of hydrogen-bond acceptors (Lipinski definition) is 3. The molecular formula is C12H15Cl2NO2. The minimum atomic E-state index is -0.0516. The highest BCUT2D eigenvalue weighted by molar-refractivity contribution is 6.36. The number of nitrogens with two attached hydrogens (primary N) is 1. The summed E-state index contributed by atoms with van der Waals surface area (Å²) in [6, 6.07) is 5.49. The molecule has 17 heavy (non-hydrogen) atoms. The third-order valence-electron chi connectivity index (χ3n) is 2.20. The molecule has 3 nitrogen and oxygen atoms in total. The number of methoxy groups -OCH3 is 1. The fourth-order valence-electron chi connectivity index (χ4n) is 1.26. The van der Waals surface area contributed by atoms with Gasteiger partial charge in [-0.1, -0.05) is 29.3 Å². The first-order chi connectivity index (χ1) is 8.08. The SMILES string of the molecule is COc1cc([C@H](C)N)ccc1OCC(Cl)=CCl. The van der Waals surface area contributed by atoms with E-state index in [0.29, 0.717) is 16.5 Å². The Morgan fingerprint density at radius 2 is 2.18 bits per heavy atom. The maximum Gasteiger partial charge on any atom is 0.161 e. The third kappa shape index (κ3) is 4.11. The quantitative estimate of drug-likeness (QED) is 0.896. The highest BCUT2D eigenvalue weighted by Gasteiger charge is 2.08. The van der Waals surface area contributed by atoms with Crippen LogP contribution in [0.2, 0.25) is 0 Å². The molecule has 94 valence electrons. The molecular weight excluding hydrogens is 261 g/mol. The van der Waals surface area contributed by atoms with Crippen LogP contribution >= 0.6 is 23.2 Å². The van der Waals surface area contributed by atoms with Crippen molar-refractivity contribution in [2.75, 3.05) is 13.7 Å². The Labute approximate surface area is 111 Å². The fraction of sp³-hybridized carbons (Fsp3) is 0.333. The Morgan fingerprint density at radius 3 is 2.71 bits per heavy atom. The lowest BCUT2D eigenvalue weighted by atomic mass is 10.1. The molecule has 0 aliphatic rings. The predicted molar refractivity (Wildman–Crippen MR) is 70.9 cm³/mol. The van der Waals surface area contributed by atoms with E-state index in [1.165, 1.54) is 5.54 Å². The maximum atomic E-state index is 5.79. The van der Waals surface area contributed by atoms with E-state index >= 15 is 0 Å². The second-order valence-electron chi connectivity index (χ2n) is 3.54. The fourth-order valence-corrected chi connectivity index (χ4v) is 1.38. The number of ether oxygens (including phenoxy) is 2. The van der Waals surface area contributed by atoms with E-state index in [1.807, 2.05) is 19.1 Å². The summed E-state index contributed by atoms with van der Waals surface area (Å²) < 4.78 is 10.7. The first-order valence-corrected chi connectivity index (χ1v) is 5.91. The van der Waals surface area contributed by atoms with Crippen molar-refractivity contribution in [3.8, 4) is 11.5 Å². The first-order valence-electron chi connectivity index (χ1n) is 5.09. The van der Waals surface area contributed by atoms with Crippen LogP contribution in [0.3, 0.4) is 0 Å². The Bertz CT molecular complexity index is 405. The standard InChI is InChI=1S/C12H15Cl2NO2/c1-8(15)9-3-4-11(12(5-9)16-2)17-7-10(14)6-13/h3-6,8H,7,15H2,1-2H3/t8-/m0/s1. The van der Waals surface area contributed by atoms with Gasteiger partial charge in [-0.25, -0.2) is 0 Å². The van der Waals surface area contributed by atoms with E-state index in [0.717, 1.165) is 5.56 Å². The summed E-state index contributed by atoms with van der Waals surface area (Å²) in [7, 11) is 1.58. The lowest BCUT2D eigenvalue weighted by Crippen LogP contribution is -2.06. The van der Waals surface area contributed by atoms with Crippen LogP contribution in [0.25, 0.3) is 0 Å². The summed E-state index contributed by atoms with van der Waals surface area (Å²) in [4.78, 5) is 0. The third-order valence-corrected chi connectivity index (χ3v) is 2.79. The lowest BCUT2D eigenvalue weighted by Gasteiger charge is -2.13. The molecule has 0 bridgehead atoms. The molecule has 0 aromatic heterocycles. The molecule has 1 aromatic rings. The molecule has 0 aliphatic heterocycles. The van der Waals surface area contributed by atoms with Crippen molar-refractivity contribution in [1.29, 1.82) is 0 Å². The number of benzene rings is 1. The van der Waals surface area contributed by atoms with E-state index in [1.54, 1.807) is 13.2 Å². The van der Waals surface area contributed by atoms with Crippen LogP contribution in [0, 0.1) is 0 Å². The highest BCUT2D eigenvalue weighted by Crippen LogP contribution is 2.30. The van der Waals surface area contributed by atoms with Crippen LogP contribution in [-0.2, 0) is 0 Å². The molecule has 0 unspecified atom stereocenters. The zero-order valence-corrected chi connectivity index (χ0v) is 11.3. The molecule has 1 aromatic carbocycles. The van der Waals surface area contributed by atoms with Crippen molar-refractivity contribution in [3.05, 3.63) is 34.3 Å². The maximum absolute atomic E-state index is 5.79. The van der Waals surface area contributed by atoms with Crippen molar-refractivity contribution >= 4 is 23.2 Å². The van der Waals surface area contributed by atoms with Gasteiger partial charge in [-0.3, -0.25) is 0 Å². The Morgan fingerprint density at radius 1 is 1.47 bits per heavy atom. The topological polar surface area (TPSA) is 44.5 Å². The summed E-state index contributed by atoms with van der Waals surface area (Å²) in [5, 5.41) is 0.421. The second-order valence-corrected chi connectivity index (χ2v) is 4.25.